The first-order valence-corrected chi connectivity index (χ1v) is 11.1. The van der Waals surface area contributed by atoms with E-state index in [4.69, 9.17) is 14.2 Å². The van der Waals surface area contributed by atoms with Crippen molar-refractivity contribution in [1.82, 2.24) is 15.3 Å². The summed E-state index contributed by atoms with van der Waals surface area (Å²) >= 11 is 0. The second kappa shape index (κ2) is 9.98. The Labute approximate surface area is 189 Å². The average molecular weight is 448 g/mol. The van der Waals surface area contributed by atoms with Crippen molar-refractivity contribution in [2.45, 2.75) is 70.4 Å². The zero-order valence-electron chi connectivity index (χ0n) is 19.7. The molecule has 1 fully saturated rings. The number of aryl methyl sites for hydroxylation is 1. The van der Waals surface area contributed by atoms with E-state index in [0.717, 1.165) is 32.1 Å². The van der Waals surface area contributed by atoms with Crippen molar-refractivity contribution in [1.29, 1.82) is 0 Å². The number of nitrogens with one attached hydrogen (secondary N) is 1. The Kier molecular flexibility index (Phi) is 7.54. The molecular weight excluding hydrogens is 413 g/mol. The van der Waals surface area contributed by atoms with Crippen molar-refractivity contribution in [2.75, 3.05) is 20.8 Å². The summed E-state index contributed by atoms with van der Waals surface area (Å²) in [5.74, 6) is 0.532. The van der Waals surface area contributed by atoms with E-state index in [-0.39, 0.29) is 5.82 Å². The molecule has 1 aliphatic carbocycles. The number of ether oxygens (including phenoxy) is 3. The van der Waals surface area contributed by atoms with Gasteiger partial charge in [0.25, 0.3) is 0 Å². The fourth-order valence-corrected chi connectivity index (χ4v) is 4.40. The van der Waals surface area contributed by atoms with Crippen LogP contribution in [-0.2, 0) is 15.9 Å². The van der Waals surface area contributed by atoms with Crippen LogP contribution in [0.5, 0.6) is 5.88 Å². The molecule has 0 aromatic carbocycles. The highest BCUT2D eigenvalue weighted by Crippen LogP contribution is 2.36. The number of methoxy groups -OCH3 is 2. The molecule has 2 aromatic heterocycles. The van der Waals surface area contributed by atoms with Crippen LogP contribution < -0.4 is 10.1 Å². The fraction of sp³-hybridized carbons (Fsp3) is 0.625. The molecule has 2 aromatic rings. The van der Waals surface area contributed by atoms with Crippen LogP contribution in [0.2, 0.25) is 0 Å². The van der Waals surface area contributed by atoms with E-state index in [2.05, 4.69) is 15.3 Å². The van der Waals surface area contributed by atoms with Gasteiger partial charge >= 0.3 is 6.09 Å². The molecule has 0 spiro atoms. The summed E-state index contributed by atoms with van der Waals surface area (Å²) in [5, 5.41) is 3.05. The summed E-state index contributed by atoms with van der Waals surface area (Å²) in [6.45, 7) is 5.98. The molecule has 7 nitrogen and oxygen atoms in total. The smallest absolute Gasteiger partial charge is 0.408 e. The summed E-state index contributed by atoms with van der Waals surface area (Å²) in [6.07, 6.45) is 5.67. The molecule has 1 N–H and O–H groups in total. The predicted molar refractivity (Wildman–Crippen MR) is 120 cm³/mol. The van der Waals surface area contributed by atoms with E-state index < -0.39 is 17.2 Å². The number of hydrogen-bond acceptors (Lipinski definition) is 6. The molecule has 0 saturated heterocycles. The van der Waals surface area contributed by atoms with Crippen molar-refractivity contribution in [3.8, 4) is 5.88 Å². The molecule has 1 saturated carbocycles. The maximum absolute atomic E-state index is 14.6. The minimum atomic E-state index is -0.552. The van der Waals surface area contributed by atoms with Gasteiger partial charge in [0.2, 0.25) is 5.88 Å². The molecule has 32 heavy (non-hydrogen) atoms. The molecule has 0 radical (unpaired) electrons. The molecule has 8 heteroatoms. The fourth-order valence-electron chi connectivity index (χ4n) is 4.40. The maximum Gasteiger partial charge on any atom is 0.408 e. The Morgan fingerprint density at radius 1 is 1.25 bits per heavy atom. The first kappa shape index (κ1) is 24.2. The van der Waals surface area contributed by atoms with E-state index >= 15 is 0 Å². The Hall–Kier alpha value is -2.48. The van der Waals surface area contributed by atoms with Crippen LogP contribution in [0.15, 0.2) is 18.3 Å². The van der Waals surface area contributed by atoms with Crippen LogP contribution in [-0.4, -0.2) is 48.0 Å². The minimum absolute atomic E-state index is 0.339. The average Bonchev–Trinajstić information content (AvgIpc) is 2.72. The number of rotatable bonds is 7. The molecular formula is C24H34FN3O4. The minimum Gasteiger partial charge on any atom is -0.481 e. The highest BCUT2D eigenvalue weighted by molar-refractivity contribution is 5.78. The molecule has 3 rings (SSSR count). The molecule has 1 aliphatic rings. The Morgan fingerprint density at radius 3 is 2.59 bits per heavy atom. The summed E-state index contributed by atoms with van der Waals surface area (Å²) in [7, 11) is 3.18. The van der Waals surface area contributed by atoms with Gasteiger partial charge < -0.3 is 19.5 Å². The lowest BCUT2D eigenvalue weighted by Crippen LogP contribution is -2.54. The van der Waals surface area contributed by atoms with Gasteiger partial charge in [0.05, 0.1) is 36.5 Å². The second-order valence-corrected chi connectivity index (χ2v) is 9.63. The van der Waals surface area contributed by atoms with E-state index in [1.165, 1.54) is 6.20 Å². The summed E-state index contributed by atoms with van der Waals surface area (Å²) in [5.41, 5.74) is 0.808. The number of halogens is 1. The number of amides is 1. The highest BCUT2D eigenvalue weighted by atomic mass is 19.1. The third-order valence-electron chi connectivity index (χ3n) is 6.00. The lowest BCUT2D eigenvalue weighted by atomic mass is 9.75. The number of alkyl carbamates (subject to hydrolysis) is 1. The number of aromatic nitrogens is 2. The first-order valence-electron chi connectivity index (χ1n) is 11.1. The van der Waals surface area contributed by atoms with Crippen LogP contribution in [0.25, 0.3) is 11.0 Å². The van der Waals surface area contributed by atoms with Gasteiger partial charge in [-0.3, -0.25) is 4.98 Å². The Morgan fingerprint density at radius 2 is 1.97 bits per heavy atom. The Balaban J connectivity index is 1.64. The number of nitrogens with zero attached hydrogens (tertiary/aromatic N) is 2. The normalized spacial score (nSPS) is 21.4. The SMILES string of the molecule is COCC1(NC(=O)OC(C)(C)C)CCC(CCc2c(F)cnc3ccc(OC)nc23)CC1. The zero-order valence-corrected chi connectivity index (χ0v) is 19.7. The van der Waals surface area contributed by atoms with Crippen LogP contribution >= 0.6 is 0 Å². The van der Waals surface area contributed by atoms with Gasteiger partial charge in [-0.2, -0.15) is 0 Å². The van der Waals surface area contributed by atoms with Gasteiger partial charge in [-0.15, -0.1) is 0 Å². The molecule has 176 valence electrons. The van der Waals surface area contributed by atoms with Crippen LogP contribution in [0, 0.1) is 11.7 Å². The van der Waals surface area contributed by atoms with Crippen LogP contribution in [0.4, 0.5) is 9.18 Å². The molecule has 2 heterocycles. The summed E-state index contributed by atoms with van der Waals surface area (Å²) < 4.78 is 30.7. The van der Waals surface area contributed by atoms with E-state index in [1.54, 1.807) is 26.4 Å². The third kappa shape index (κ3) is 6.06. The van der Waals surface area contributed by atoms with Crippen molar-refractivity contribution in [3.63, 3.8) is 0 Å². The largest absolute Gasteiger partial charge is 0.481 e. The predicted octanol–water partition coefficient (Wildman–Crippen LogP) is 4.81. The van der Waals surface area contributed by atoms with Crippen LogP contribution in [0.3, 0.4) is 0 Å². The summed E-state index contributed by atoms with van der Waals surface area (Å²) in [6, 6.07) is 3.53. The molecule has 0 bridgehead atoms. The number of pyridine rings is 2. The van der Waals surface area contributed by atoms with E-state index in [9.17, 15) is 9.18 Å². The van der Waals surface area contributed by atoms with Gasteiger partial charge in [0.15, 0.2) is 0 Å². The topological polar surface area (TPSA) is 82.6 Å². The molecule has 0 atom stereocenters. The van der Waals surface area contributed by atoms with Gasteiger partial charge in [0.1, 0.15) is 11.4 Å². The first-order chi connectivity index (χ1) is 15.1. The van der Waals surface area contributed by atoms with E-state index in [0.29, 0.717) is 41.4 Å². The van der Waals surface area contributed by atoms with Crippen molar-refractivity contribution >= 4 is 17.1 Å². The lowest BCUT2D eigenvalue weighted by molar-refractivity contribution is 0.0245. The number of carbonyl (C=O) groups excluding carboxylic acids is 1. The van der Waals surface area contributed by atoms with Crippen molar-refractivity contribution < 1.29 is 23.4 Å². The van der Waals surface area contributed by atoms with Crippen molar-refractivity contribution in [2.24, 2.45) is 5.92 Å². The Bertz CT molecular complexity index is 937. The number of carbonyl (C=O) groups is 1. The summed E-state index contributed by atoms with van der Waals surface area (Å²) in [4.78, 5) is 20.9. The third-order valence-corrected chi connectivity index (χ3v) is 6.00. The van der Waals surface area contributed by atoms with Crippen molar-refractivity contribution in [3.05, 3.63) is 29.7 Å². The van der Waals surface area contributed by atoms with Crippen LogP contribution in [0.1, 0.15) is 58.4 Å². The zero-order chi connectivity index (χ0) is 23.4. The quantitative estimate of drug-likeness (QED) is 0.656. The van der Waals surface area contributed by atoms with E-state index in [1.807, 2.05) is 20.8 Å². The van der Waals surface area contributed by atoms with Gasteiger partial charge in [0, 0.05) is 18.7 Å². The number of hydrogen-bond donors (Lipinski definition) is 1. The molecule has 0 aliphatic heterocycles. The molecule has 1 amide bonds. The number of fused-ring (bicyclic) bond motifs is 1. The highest BCUT2D eigenvalue weighted by Gasteiger charge is 2.38. The lowest BCUT2D eigenvalue weighted by Gasteiger charge is -2.40. The van der Waals surface area contributed by atoms with Gasteiger partial charge in [-0.05, 0) is 71.3 Å². The molecule has 0 unspecified atom stereocenters. The maximum atomic E-state index is 14.6. The standard InChI is InChI=1S/C24H34FN3O4/c1-23(2,3)32-22(29)28-24(15-30-4)12-10-16(11-13-24)6-7-17-18(25)14-26-19-8-9-20(31-5)27-21(17)19/h8-9,14,16H,6-7,10-13,15H2,1-5H3,(H,28,29). The monoisotopic (exact) mass is 447 g/mol. The van der Waals surface area contributed by atoms with Gasteiger partial charge in [-0.1, -0.05) is 0 Å². The second-order valence-electron chi connectivity index (χ2n) is 9.63. The van der Waals surface area contributed by atoms with Gasteiger partial charge in [-0.25, -0.2) is 14.2 Å².